The molecule has 0 N–H and O–H groups in total. The highest BCUT2D eigenvalue weighted by atomic mass is 16.5. The number of aromatic nitrogens is 1. The topological polar surface area (TPSA) is 41.7 Å². The van der Waals surface area contributed by atoms with Crippen molar-refractivity contribution in [1.29, 1.82) is 0 Å². The van der Waals surface area contributed by atoms with Crippen LogP contribution in [-0.2, 0) is 17.8 Å². The van der Waals surface area contributed by atoms with Gasteiger partial charge < -0.3 is 9.15 Å². The third-order valence-electron chi connectivity index (χ3n) is 5.15. The molecule has 0 aliphatic carbocycles. The Morgan fingerprint density at radius 2 is 2.04 bits per heavy atom. The van der Waals surface area contributed by atoms with Crippen LogP contribution < -0.4 is 0 Å². The van der Waals surface area contributed by atoms with E-state index in [1.165, 1.54) is 5.56 Å². The zero-order valence-electron chi connectivity index (χ0n) is 14.0. The third-order valence-corrected chi connectivity index (χ3v) is 5.15. The molecular weight excluding hydrogens is 302 g/mol. The van der Waals surface area contributed by atoms with Crippen LogP contribution in [0.25, 0.3) is 0 Å². The Labute approximate surface area is 143 Å². The molecule has 0 radical (unpaired) electrons. The van der Waals surface area contributed by atoms with E-state index in [0.717, 1.165) is 57.9 Å². The summed E-state index contributed by atoms with van der Waals surface area (Å²) in [6.45, 7) is 5.87. The molecule has 0 bridgehead atoms. The van der Waals surface area contributed by atoms with Gasteiger partial charge in [-0.25, -0.2) is 0 Å². The number of morpholine rings is 1. The molecule has 2 aromatic rings. The van der Waals surface area contributed by atoms with Gasteiger partial charge in [0.25, 0.3) is 0 Å². The Morgan fingerprint density at radius 1 is 1.08 bits per heavy atom. The van der Waals surface area contributed by atoms with Gasteiger partial charge in [-0.1, -0.05) is 6.07 Å². The number of nitrogens with zero attached hydrogens (tertiary/aromatic N) is 3. The second kappa shape index (κ2) is 7.47. The molecule has 128 valence electrons. The summed E-state index contributed by atoms with van der Waals surface area (Å²) in [6.07, 6.45) is 8.15. The molecule has 2 aliphatic heterocycles. The Balaban J connectivity index is 1.40. The quantitative estimate of drug-likeness (QED) is 0.863. The molecule has 24 heavy (non-hydrogen) atoms. The van der Waals surface area contributed by atoms with E-state index < -0.39 is 0 Å². The first kappa shape index (κ1) is 15.8. The van der Waals surface area contributed by atoms with Gasteiger partial charge in [-0.2, -0.15) is 0 Å². The Kier molecular flexibility index (Phi) is 4.92. The number of likely N-dealkylation sites (tertiary alicyclic amines) is 1. The molecule has 4 rings (SSSR count). The van der Waals surface area contributed by atoms with Gasteiger partial charge in [0.2, 0.25) is 0 Å². The highest BCUT2D eigenvalue weighted by Gasteiger charge is 2.34. The van der Waals surface area contributed by atoms with Gasteiger partial charge in [-0.15, -0.1) is 0 Å². The maximum Gasteiger partial charge on any atom is 0.117 e. The fourth-order valence-corrected chi connectivity index (χ4v) is 3.92. The number of pyridine rings is 1. The smallest absolute Gasteiger partial charge is 0.117 e. The van der Waals surface area contributed by atoms with Crippen LogP contribution in [0, 0.1) is 0 Å². The van der Waals surface area contributed by atoms with E-state index >= 15 is 0 Å². The van der Waals surface area contributed by atoms with Crippen molar-refractivity contribution in [3.05, 3.63) is 54.2 Å². The Hall–Kier alpha value is -1.69. The predicted octanol–water partition coefficient (Wildman–Crippen LogP) is 2.54. The van der Waals surface area contributed by atoms with Crippen molar-refractivity contribution in [3.63, 3.8) is 0 Å². The third kappa shape index (κ3) is 3.69. The van der Waals surface area contributed by atoms with Crippen LogP contribution in [0.4, 0.5) is 0 Å². The second-order valence-electron chi connectivity index (χ2n) is 6.74. The Bertz CT molecular complexity index is 617. The monoisotopic (exact) mass is 327 g/mol. The van der Waals surface area contributed by atoms with Gasteiger partial charge >= 0.3 is 0 Å². The summed E-state index contributed by atoms with van der Waals surface area (Å²) in [5.74, 6) is 1.05. The number of fused-ring (bicyclic) bond motifs is 1. The average molecular weight is 327 g/mol. The summed E-state index contributed by atoms with van der Waals surface area (Å²) >= 11 is 0. The number of furan rings is 1. The van der Waals surface area contributed by atoms with Gasteiger partial charge in [-0.05, 0) is 36.6 Å². The van der Waals surface area contributed by atoms with Gasteiger partial charge in [0.15, 0.2) is 0 Å². The largest absolute Gasteiger partial charge is 0.468 e. The zero-order chi connectivity index (χ0) is 16.2. The van der Waals surface area contributed by atoms with Crippen LogP contribution in [0.15, 0.2) is 47.3 Å². The fraction of sp³-hybridized carbons (Fsp3) is 0.526. The molecule has 2 atom stereocenters. The molecule has 2 aromatic heterocycles. The number of hydrogen-bond donors (Lipinski definition) is 0. The van der Waals surface area contributed by atoms with Crippen molar-refractivity contribution in [2.75, 3.05) is 26.2 Å². The SMILES string of the molecule is c1cncc(CN2CCO[C@@H]3CCN(Cc4ccco4)CC[C@H]32)c1. The first-order valence-electron chi connectivity index (χ1n) is 8.88. The lowest BCUT2D eigenvalue weighted by atomic mass is 10.0. The lowest BCUT2D eigenvalue weighted by Crippen LogP contribution is -2.50. The first-order valence-corrected chi connectivity index (χ1v) is 8.88. The molecule has 0 aromatic carbocycles. The van der Waals surface area contributed by atoms with E-state index in [0.29, 0.717) is 12.1 Å². The van der Waals surface area contributed by atoms with Gasteiger partial charge in [0, 0.05) is 44.6 Å². The van der Waals surface area contributed by atoms with Crippen LogP contribution in [0.3, 0.4) is 0 Å². The second-order valence-corrected chi connectivity index (χ2v) is 6.74. The summed E-state index contributed by atoms with van der Waals surface area (Å²) in [5, 5.41) is 0. The molecule has 0 spiro atoms. The van der Waals surface area contributed by atoms with Crippen molar-refractivity contribution >= 4 is 0 Å². The van der Waals surface area contributed by atoms with Crippen molar-refractivity contribution < 1.29 is 9.15 Å². The molecule has 2 aliphatic rings. The molecule has 2 fully saturated rings. The lowest BCUT2D eigenvalue weighted by molar-refractivity contribution is -0.0747. The minimum absolute atomic E-state index is 0.344. The van der Waals surface area contributed by atoms with E-state index in [-0.39, 0.29) is 0 Å². The fourth-order valence-electron chi connectivity index (χ4n) is 3.92. The van der Waals surface area contributed by atoms with E-state index in [1.54, 1.807) is 6.26 Å². The number of ether oxygens (including phenoxy) is 1. The summed E-state index contributed by atoms with van der Waals surface area (Å²) in [7, 11) is 0. The number of hydrogen-bond acceptors (Lipinski definition) is 5. The predicted molar refractivity (Wildman–Crippen MR) is 91.4 cm³/mol. The molecule has 2 saturated heterocycles. The van der Waals surface area contributed by atoms with E-state index in [2.05, 4.69) is 26.9 Å². The minimum atomic E-state index is 0.344. The molecule has 0 saturated carbocycles. The molecule has 0 amide bonds. The molecule has 0 unspecified atom stereocenters. The van der Waals surface area contributed by atoms with Crippen molar-refractivity contribution in [2.45, 2.75) is 38.1 Å². The van der Waals surface area contributed by atoms with Gasteiger partial charge in [0.05, 0.1) is 25.5 Å². The number of rotatable bonds is 4. The molecular formula is C19H25N3O2. The van der Waals surface area contributed by atoms with Crippen molar-refractivity contribution in [2.24, 2.45) is 0 Å². The van der Waals surface area contributed by atoms with Crippen LogP contribution in [-0.4, -0.2) is 53.2 Å². The van der Waals surface area contributed by atoms with E-state index in [4.69, 9.17) is 9.15 Å². The maximum atomic E-state index is 6.11. The molecule has 5 heteroatoms. The molecule has 5 nitrogen and oxygen atoms in total. The maximum absolute atomic E-state index is 6.11. The summed E-state index contributed by atoms with van der Waals surface area (Å²) in [4.78, 5) is 9.32. The van der Waals surface area contributed by atoms with Crippen LogP contribution in [0.1, 0.15) is 24.2 Å². The lowest BCUT2D eigenvalue weighted by Gasteiger charge is -2.40. The minimum Gasteiger partial charge on any atom is -0.468 e. The first-order chi connectivity index (χ1) is 11.9. The van der Waals surface area contributed by atoms with E-state index in [1.807, 2.05) is 24.5 Å². The Morgan fingerprint density at radius 3 is 2.88 bits per heavy atom. The van der Waals surface area contributed by atoms with Crippen LogP contribution >= 0.6 is 0 Å². The van der Waals surface area contributed by atoms with Crippen molar-refractivity contribution in [1.82, 2.24) is 14.8 Å². The summed E-state index contributed by atoms with van der Waals surface area (Å²) < 4.78 is 11.6. The standard InChI is InChI=1S/C19H25N3O2/c1-3-16(13-20-7-1)14-22-10-12-24-19-6-9-21(8-5-18(19)22)15-17-4-2-11-23-17/h1-4,7,11,13,18-19H,5-6,8-10,12,14-15H2/t18-,19-/m1/s1. The highest BCUT2D eigenvalue weighted by Crippen LogP contribution is 2.26. The van der Waals surface area contributed by atoms with Gasteiger partial charge in [0.1, 0.15) is 5.76 Å². The van der Waals surface area contributed by atoms with E-state index in [9.17, 15) is 0 Å². The average Bonchev–Trinajstić information content (AvgIpc) is 3.03. The summed E-state index contributed by atoms with van der Waals surface area (Å²) in [5.41, 5.74) is 1.29. The zero-order valence-corrected chi connectivity index (χ0v) is 14.0. The van der Waals surface area contributed by atoms with Crippen LogP contribution in [0.2, 0.25) is 0 Å². The van der Waals surface area contributed by atoms with Crippen molar-refractivity contribution in [3.8, 4) is 0 Å². The summed E-state index contributed by atoms with van der Waals surface area (Å²) in [6, 6.07) is 8.71. The normalized spacial score (nSPS) is 26.0. The highest BCUT2D eigenvalue weighted by molar-refractivity contribution is 5.09. The van der Waals surface area contributed by atoms with Crippen LogP contribution in [0.5, 0.6) is 0 Å². The molecule has 4 heterocycles. The van der Waals surface area contributed by atoms with Gasteiger partial charge in [-0.3, -0.25) is 14.8 Å².